The summed E-state index contributed by atoms with van der Waals surface area (Å²) in [5, 5.41) is 37.6. The molecule has 11 atom stereocenters. The second kappa shape index (κ2) is 18.1. The zero-order chi connectivity index (χ0) is 36.5. The molecule has 0 bridgehead atoms. The van der Waals surface area contributed by atoms with Gasteiger partial charge in [0.2, 0.25) is 0 Å². The van der Waals surface area contributed by atoms with Crippen molar-refractivity contribution in [2.45, 2.75) is 135 Å². The molecule has 2 heterocycles. The van der Waals surface area contributed by atoms with Gasteiger partial charge in [0.05, 0.1) is 36.4 Å². The van der Waals surface area contributed by atoms with Crippen molar-refractivity contribution in [2.24, 2.45) is 11.8 Å². The van der Waals surface area contributed by atoms with Crippen molar-refractivity contribution in [3.8, 4) is 0 Å². The van der Waals surface area contributed by atoms with Crippen LogP contribution in [0, 0.1) is 11.8 Å². The van der Waals surface area contributed by atoms with Gasteiger partial charge in [0, 0.05) is 37.4 Å². The molecular formula is C38H56ClNO9. The Bertz CT molecular complexity index is 1320. The van der Waals surface area contributed by atoms with Crippen molar-refractivity contribution in [1.29, 1.82) is 0 Å². The lowest BCUT2D eigenvalue weighted by Crippen LogP contribution is -2.52. The molecule has 0 aliphatic carbocycles. The summed E-state index contributed by atoms with van der Waals surface area (Å²) in [4.78, 5) is 24.7. The van der Waals surface area contributed by atoms with Crippen LogP contribution in [0.3, 0.4) is 0 Å². The predicted octanol–water partition coefficient (Wildman–Crippen LogP) is 5.21. The molecule has 4 N–H and O–H groups in total. The first kappa shape index (κ1) is 40.9. The molecule has 2 aliphatic heterocycles. The summed E-state index contributed by atoms with van der Waals surface area (Å²) < 4.78 is 23.1. The summed E-state index contributed by atoms with van der Waals surface area (Å²) in [7, 11) is 1.70. The van der Waals surface area contributed by atoms with Crippen LogP contribution in [0.15, 0.2) is 60.2 Å². The molecule has 0 spiro atoms. The van der Waals surface area contributed by atoms with Crippen LogP contribution in [0.25, 0.3) is 0 Å². The van der Waals surface area contributed by atoms with Crippen LogP contribution in [0.5, 0.6) is 0 Å². The Morgan fingerprint density at radius 2 is 1.90 bits per heavy atom. The van der Waals surface area contributed by atoms with E-state index in [0.29, 0.717) is 17.1 Å². The molecule has 11 heteroatoms. The lowest BCUT2D eigenvalue weighted by atomic mass is 9.87. The molecular weight excluding hydrogens is 650 g/mol. The number of rotatable bonds is 13. The van der Waals surface area contributed by atoms with Crippen molar-refractivity contribution < 1.29 is 43.9 Å². The number of allylic oxidation sites excluding steroid dienone is 2. The number of halogens is 1. The van der Waals surface area contributed by atoms with E-state index in [2.05, 4.69) is 19.2 Å². The number of hydrogen-bond donors (Lipinski definition) is 4. The monoisotopic (exact) mass is 705 g/mol. The molecule has 0 saturated carbocycles. The fourth-order valence-corrected chi connectivity index (χ4v) is 6.63. The summed E-state index contributed by atoms with van der Waals surface area (Å²) in [6.45, 7) is 12.9. The molecule has 274 valence electrons. The Morgan fingerprint density at radius 1 is 1.22 bits per heavy atom. The van der Waals surface area contributed by atoms with Gasteiger partial charge in [-0.05, 0) is 69.4 Å². The van der Waals surface area contributed by atoms with E-state index < -0.39 is 47.5 Å². The minimum atomic E-state index is -1.46. The summed E-state index contributed by atoms with van der Waals surface area (Å²) in [6.07, 6.45) is 6.32. The smallest absolute Gasteiger partial charge is 0.309 e. The topological polar surface area (TPSA) is 147 Å². The van der Waals surface area contributed by atoms with E-state index in [0.717, 1.165) is 12.0 Å². The average Bonchev–Trinajstić information content (AvgIpc) is 3.81. The number of aliphatic hydroxyl groups is 3. The number of carbonyl (C=O) groups is 2. The molecule has 0 amide bonds. The molecule has 0 radical (unpaired) electrons. The van der Waals surface area contributed by atoms with Crippen LogP contribution in [0.4, 0.5) is 0 Å². The Morgan fingerprint density at radius 3 is 2.51 bits per heavy atom. The van der Waals surface area contributed by atoms with Crippen molar-refractivity contribution in [1.82, 2.24) is 5.32 Å². The van der Waals surface area contributed by atoms with E-state index >= 15 is 0 Å². The number of ether oxygens (including phenoxy) is 4. The second-order valence-electron chi connectivity index (χ2n) is 14.0. The highest BCUT2D eigenvalue weighted by Gasteiger charge is 2.54. The van der Waals surface area contributed by atoms with Crippen molar-refractivity contribution in [3.05, 3.63) is 70.8 Å². The predicted molar refractivity (Wildman–Crippen MR) is 189 cm³/mol. The second-order valence-corrected chi connectivity index (χ2v) is 14.5. The van der Waals surface area contributed by atoms with Crippen LogP contribution in [-0.2, 0) is 35.1 Å². The number of carbonyl (C=O) groups excluding carboxylic acids is 2. The van der Waals surface area contributed by atoms with Gasteiger partial charge in [-0.25, -0.2) is 0 Å². The van der Waals surface area contributed by atoms with Crippen LogP contribution in [-0.4, -0.2) is 88.2 Å². The zero-order valence-electron chi connectivity index (χ0n) is 30.1. The minimum Gasteiger partial charge on any atom is -0.457 e. The number of methoxy groups -OCH3 is 1. The van der Waals surface area contributed by atoms with Gasteiger partial charge in [0.25, 0.3) is 0 Å². The number of epoxide rings is 1. The Kier molecular flexibility index (Phi) is 15.1. The zero-order valence-corrected chi connectivity index (χ0v) is 30.9. The van der Waals surface area contributed by atoms with Crippen molar-refractivity contribution in [2.75, 3.05) is 7.11 Å². The number of esters is 2. The van der Waals surface area contributed by atoms with Gasteiger partial charge in [0.15, 0.2) is 0 Å². The fraction of sp³-hybridized carbons (Fsp3) is 0.632. The van der Waals surface area contributed by atoms with Gasteiger partial charge in [-0.2, -0.15) is 0 Å². The maximum Gasteiger partial charge on any atom is 0.309 e. The maximum absolute atomic E-state index is 12.9. The van der Waals surface area contributed by atoms with E-state index in [4.69, 9.17) is 30.5 Å². The van der Waals surface area contributed by atoms with E-state index in [1.165, 1.54) is 6.92 Å². The Labute approximate surface area is 296 Å². The van der Waals surface area contributed by atoms with Crippen molar-refractivity contribution in [3.63, 3.8) is 0 Å². The number of benzene rings is 1. The third-order valence-electron chi connectivity index (χ3n) is 9.63. The van der Waals surface area contributed by atoms with Crippen LogP contribution < -0.4 is 5.32 Å². The van der Waals surface area contributed by atoms with Gasteiger partial charge in [-0.1, -0.05) is 68.8 Å². The Hall–Kier alpha value is -2.57. The summed E-state index contributed by atoms with van der Waals surface area (Å²) in [5.74, 6) is -1.39. The molecule has 0 aromatic heterocycles. The number of hydrogen-bond acceptors (Lipinski definition) is 10. The standard InChI is InChI=1S/C38H56ClNO9/c1-9-30(46-8)25(4)34-35(49-34)36(40-22-27-13-15-28(39)16-14-27)38(7,45)19-10-11-23(2)33-24(3)12-17-31(47-26(5)41)37(6,44)20-18-29(42)21-32(43)48-33/h10-17,19,24-25,29-31,33-36,40,42,44-45H,9,18,20-22H2,1-8H3/b17-12+,19-10+,23-11+/t24-,25+,29+,30-,31-,33-,34+,35-,36?,37+,38?/m0/s1. The lowest BCUT2D eigenvalue weighted by Gasteiger charge is -2.32. The number of cyclic esters (lactones) is 1. The van der Waals surface area contributed by atoms with Crippen LogP contribution >= 0.6 is 11.6 Å². The molecule has 1 fully saturated rings. The van der Waals surface area contributed by atoms with E-state index in [1.54, 1.807) is 51.3 Å². The highest BCUT2D eigenvalue weighted by Crippen LogP contribution is 2.39. The van der Waals surface area contributed by atoms with Gasteiger partial charge < -0.3 is 39.6 Å². The van der Waals surface area contributed by atoms with E-state index in [9.17, 15) is 24.9 Å². The first-order chi connectivity index (χ1) is 23.0. The summed E-state index contributed by atoms with van der Waals surface area (Å²) >= 11 is 6.09. The molecule has 2 aliphatic rings. The normalized spacial score (nSPS) is 32.2. The highest BCUT2D eigenvalue weighted by molar-refractivity contribution is 6.30. The van der Waals surface area contributed by atoms with E-state index in [1.807, 2.05) is 38.1 Å². The minimum absolute atomic E-state index is 0.0271. The largest absolute Gasteiger partial charge is 0.457 e. The summed E-state index contributed by atoms with van der Waals surface area (Å²) in [6, 6.07) is 7.05. The molecule has 1 aromatic carbocycles. The molecule has 10 nitrogen and oxygen atoms in total. The van der Waals surface area contributed by atoms with Gasteiger partial charge >= 0.3 is 11.9 Å². The van der Waals surface area contributed by atoms with Gasteiger partial charge in [0.1, 0.15) is 23.9 Å². The molecule has 49 heavy (non-hydrogen) atoms. The molecule has 1 saturated heterocycles. The first-order valence-electron chi connectivity index (χ1n) is 17.2. The fourth-order valence-electron chi connectivity index (χ4n) is 6.50. The number of nitrogens with one attached hydrogen (secondary N) is 1. The Balaban J connectivity index is 1.87. The van der Waals surface area contributed by atoms with Gasteiger partial charge in [-0.15, -0.1) is 0 Å². The quantitative estimate of drug-likeness (QED) is 0.0934. The van der Waals surface area contributed by atoms with Crippen LogP contribution in [0.1, 0.15) is 79.7 Å². The summed E-state index contributed by atoms with van der Waals surface area (Å²) in [5.41, 5.74) is -1.11. The molecule has 1 aromatic rings. The molecule has 3 rings (SSSR count). The SMILES string of the molecule is CC[C@H](OC)[C@@H](C)[C@H]1O[C@@H]1C(NCc1ccc(Cl)cc1)C(C)(O)/C=C/C=C(\C)[C@@H]1OC(=O)C[C@H](O)CC[C@@](C)(O)[C@@H](OC(C)=O)/C=C/[C@@H]1C. The van der Waals surface area contributed by atoms with Crippen LogP contribution in [0.2, 0.25) is 5.02 Å². The molecule has 2 unspecified atom stereocenters. The van der Waals surface area contributed by atoms with E-state index in [-0.39, 0.29) is 49.4 Å². The lowest BCUT2D eigenvalue weighted by molar-refractivity contribution is -0.157. The highest BCUT2D eigenvalue weighted by atomic mass is 35.5. The maximum atomic E-state index is 12.9. The first-order valence-corrected chi connectivity index (χ1v) is 17.6. The third-order valence-corrected chi connectivity index (χ3v) is 9.88. The number of aliphatic hydroxyl groups excluding tert-OH is 1. The van der Waals surface area contributed by atoms with Gasteiger partial charge in [-0.3, -0.25) is 9.59 Å². The van der Waals surface area contributed by atoms with Crippen molar-refractivity contribution >= 4 is 23.5 Å². The average molecular weight is 706 g/mol. The third kappa shape index (κ3) is 12.0.